The average molecular weight is 749 g/mol. The second kappa shape index (κ2) is 11.0. The van der Waals surface area contributed by atoms with E-state index >= 15 is 0 Å². The van der Waals surface area contributed by atoms with Crippen LogP contribution in [0.5, 0.6) is 0 Å². The van der Waals surface area contributed by atoms with Gasteiger partial charge in [-0.25, -0.2) is 9.59 Å². The second-order valence-corrected chi connectivity index (χ2v) is 16.9. The van der Waals surface area contributed by atoms with Gasteiger partial charge >= 0.3 is 23.9 Å². The topological polar surface area (TPSA) is 215 Å². The van der Waals surface area contributed by atoms with Crippen molar-refractivity contribution < 1.29 is 77.1 Å². The summed E-state index contributed by atoms with van der Waals surface area (Å²) >= 11 is 0. The van der Waals surface area contributed by atoms with Crippen LogP contribution in [-0.4, -0.2) is 120 Å². The van der Waals surface area contributed by atoms with Gasteiger partial charge in [0.2, 0.25) is 12.1 Å². The lowest BCUT2D eigenvalue weighted by Gasteiger charge is -2.65. The second-order valence-electron chi connectivity index (χ2n) is 16.9. The van der Waals surface area contributed by atoms with E-state index in [1.807, 2.05) is 6.92 Å². The lowest BCUT2D eigenvalue weighted by atomic mass is 9.37. The number of aliphatic hydroxyl groups is 3. The zero-order valence-corrected chi connectivity index (χ0v) is 31.0. The largest absolute Gasteiger partial charge is 0.469 e. The molecule has 15 atom stereocenters. The summed E-state index contributed by atoms with van der Waals surface area (Å²) in [6.45, 7) is 8.94. The molecule has 16 heteroatoms. The fourth-order valence-corrected chi connectivity index (χ4v) is 12.3. The molecule has 0 aromatic rings. The number of methoxy groups -OCH3 is 2. The van der Waals surface area contributed by atoms with E-state index in [-0.39, 0.29) is 12.0 Å². The average Bonchev–Trinajstić information content (AvgIpc) is 3.47. The number of hydrogen-bond donors (Lipinski definition) is 3. The SMILES string of the molecule is C/C=C(\C)C(=O)O[C@H]1C[C@@](O)(OC(=O)C(C)C)[C@@]2(C(=O)OC)CO[C@@H]3C[C@@](C)([C@]45O[C@@]4(C)[C@H]4C[C@@H]5O[C@@H]5OC=C[C@@]54O)[C@H]4[C@]1(CO[C@]4(O)C(=O)OC)[C@@H]32. The van der Waals surface area contributed by atoms with E-state index in [1.165, 1.54) is 25.3 Å². The van der Waals surface area contributed by atoms with Gasteiger partial charge in [0.1, 0.15) is 17.3 Å². The molecule has 292 valence electrons. The first kappa shape index (κ1) is 36.8. The van der Waals surface area contributed by atoms with Gasteiger partial charge in [-0.05, 0) is 39.7 Å². The molecule has 2 bridgehead atoms. The summed E-state index contributed by atoms with van der Waals surface area (Å²) in [5.41, 5.74) is -9.11. The summed E-state index contributed by atoms with van der Waals surface area (Å²) in [7, 11) is 2.22. The normalized spacial score (nSPS) is 52.5. The molecule has 3 saturated carbocycles. The van der Waals surface area contributed by atoms with Crippen molar-refractivity contribution in [3.8, 4) is 0 Å². The van der Waals surface area contributed by atoms with Crippen LogP contribution in [0.1, 0.15) is 60.8 Å². The number of allylic oxidation sites excluding steroid dienone is 1. The standard InChI is InChI=1S/C37H48O16/c1-9-18(4)25(39)50-22-14-35(43,52-24(38)17(2)3)33(27(40)45-7)16-48-19-13-30(5,26-32(22,23(19)33)15-49-36(26,44)28(41)46-8)37-21-12-20(31(37,6)53-37)34(42)10-11-47-29(34)51-21/h9-11,17,19-23,26,29,42-44H,12-16H2,1-8H3/b18-9+/t19-,20-,21+,22+,23-,26+,29+,30-,31+,32+,33+,34+,35-,36+,37+/m1/s1. The number of ether oxygens (including phenoxy) is 9. The molecule has 8 aliphatic rings. The first-order chi connectivity index (χ1) is 24.8. The lowest BCUT2D eigenvalue weighted by Crippen LogP contribution is -2.78. The Bertz CT molecular complexity index is 1730. The Hall–Kier alpha value is -3.12. The third-order valence-electron chi connectivity index (χ3n) is 14.5. The molecule has 0 amide bonds. The molecule has 0 radical (unpaired) electrons. The maximum absolute atomic E-state index is 14.4. The van der Waals surface area contributed by atoms with Crippen LogP contribution in [0.2, 0.25) is 0 Å². The first-order valence-electron chi connectivity index (χ1n) is 18.1. The smallest absolute Gasteiger partial charge is 0.366 e. The molecule has 0 aromatic carbocycles. The minimum atomic E-state index is -2.75. The van der Waals surface area contributed by atoms with Crippen LogP contribution in [0.15, 0.2) is 24.0 Å². The van der Waals surface area contributed by atoms with Gasteiger partial charge in [0.05, 0.1) is 58.2 Å². The number of hydrogen-bond acceptors (Lipinski definition) is 16. The molecule has 0 unspecified atom stereocenters. The molecular formula is C37H48O16. The Kier molecular flexibility index (Phi) is 7.65. The van der Waals surface area contributed by atoms with Crippen molar-refractivity contribution in [1.82, 2.24) is 0 Å². The minimum absolute atomic E-state index is 0.0315. The summed E-state index contributed by atoms with van der Waals surface area (Å²) in [5, 5.41) is 37.4. The third-order valence-corrected chi connectivity index (χ3v) is 14.5. The minimum Gasteiger partial charge on any atom is -0.469 e. The highest BCUT2D eigenvalue weighted by Crippen LogP contribution is 2.83. The van der Waals surface area contributed by atoms with Crippen molar-refractivity contribution in [1.29, 1.82) is 0 Å². The highest BCUT2D eigenvalue weighted by Gasteiger charge is 2.96. The van der Waals surface area contributed by atoms with Gasteiger partial charge in [-0.3, -0.25) is 9.59 Å². The Morgan fingerprint density at radius 3 is 2.34 bits per heavy atom. The molecular weight excluding hydrogens is 700 g/mol. The van der Waals surface area contributed by atoms with Crippen LogP contribution in [0.4, 0.5) is 0 Å². The monoisotopic (exact) mass is 748 g/mol. The lowest BCUT2D eigenvalue weighted by molar-refractivity contribution is -0.338. The van der Waals surface area contributed by atoms with E-state index in [1.54, 1.807) is 27.7 Å². The first-order valence-corrected chi connectivity index (χ1v) is 18.1. The van der Waals surface area contributed by atoms with E-state index in [4.69, 9.17) is 42.6 Å². The number of fused-ring (bicyclic) bond motifs is 7. The van der Waals surface area contributed by atoms with Gasteiger partial charge in [-0.1, -0.05) is 26.8 Å². The van der Waals surface area contributed by atoms with Crippen molar-refractivity contribution in [3.63, 3.8) is 0 Å². The van der Waals surface area contributed by atoms with Crippen LogP contribution in [0.25, 0.3) is 0 Å². The summed E-state index contributed by atoms with van der Waals surface area (Å²) in [6.07, 6.45) is -0.188. The Balaban J connectivity index is 1.38. The van der Waals surface area contributed by atoms with Gasteiger partial charge < -0.3 is 58.0 Å². The Labute approximate surface area is 306 Å². The van der Waals surface area contributed by atoms with Crippen LogP contribution >= 0.6 is 0 Å². The van der Waals surface area contributed by atoms with Crippen molar-refractivity contribution >= 4 is 23.9 Å². The predicted molar refractivity (Wildman–Crippen MR) is 173 cm³/mol. The summed E-state index contributed by atoms with van der Waals surface area (Å²) in [5.74, 6) is -13.1. The van der Waals surface area contributed by atoms with E-state index in [2.05, 4.69) is 0 Å². The van der Waals surface area contributed by atoms with Gasteiger partial charge in [0.15, 0.2) is 11.0 Å². The molecule has 3 N–H and O–H groups in total. The van der Waals surface area contributed by atoms with E-state index in [9.17, 15) is 34.5 Å². The highest BCUT2D eigenvalue weighted by molar-refractivity contribution is 5.88. The van der Waals surface area contributed by atoms with Crippen molar-refractivity contribution in [2.45, 2.75) is 114 Å². The molecule has 1 spiro atoms. The maximum atomic E-state index is 14.4. The predicted octanol–water partition coefficient (Wildman–Crippen LogP) is 0.782. The van der Waals surface area contributed by atoms with Gasteiger partial charge in [-0.15, -0.1) is 0 Å². The molecule has 4 saturated heterocycles. The molecule has 3 aliphatic carbocycles. The summed E-state index contributed by atoms with van der Waals surface area (Å²) in [4.78, 5) is 55.5. The van der Waals surface area contributed by atoms with Crippen molar-refractivity contribution in [2.24, 2.45) is 39.9 Å². The molecule has 7 fully saturated rings. The molecule has 8 rings (SSSR count). The van der Waals surface area contributed by atoms with Crippen LogP contribution in [0, 0.1) is 39.9 Å². The number of rotatable bonds is 7. The molecule has 0 aromatic heterocycles. The fraction of sp³-hybridized carbons (Fsp3) is 0.784. The van der Waals surface area contributed by atoms with Crippen LogP contribution in [0.3, 0.4) is 0 Å². The Morgan fingerprint density at radius 1 is 1.00 bits per heavy atom. The zero-order valence-electron chi connectivity index (χ0n) is 31.0. The van der Waals surface area contributed by atoms with E-state index in [0.717, 1.165) is 14.2 Å². The van der Waals surface area contributed by atoms with Gasteiger partial charge in [-0.2, -0.15) is 0 Å². The number of epoxide rings is 1. The molecule has 5 aliphatic heterocycles. The zero-order chi connectivity index (χ0) is 38.5. The van der Waals surface area contributed by atoms with Crippen LogP contribution in [-0.2, 0) is 61.8 Å². The fourth-order valence-electron chi connectivity index (χ4n) is 12.3. The quantitative estimate of drug-likeness (QED) is 0.108. The maximum Gasteiger partial charge on any atom is 0.366 e. The summed E-state index contributed by atoms with van der Waals surface area (Å²) < 4.78 is 54.4. The molecule has 16 nitrogen and oxygen atoms in total. The number of carbonyl (C=O) groups excluding carboxylic acids is 4. The van der Waals surface area contributed by atoms with Crippen LogP contribution < -0.4 is 0 Å². The van der Waals surface area contributed by atoms with E-state index < -0.39 is 136 Å². The van der Waals surface area contributed by atoms with Gasteiger partial charge in [0.25, 0.3) is 5.79 Å². The molecule has 53 heavy (non-hydrogen) atoms. The third kappa shape index (κ3) is 3.95. The highest BCUT2D eigenvalue weighted by atomic mass is 16.7. The number of esters is 4. The summed E-state index contributed by atoms with van der Waals surface area (Å²) in [6, 6.07) is 0. The molecule has 5 heterocycles. The number of carbonyl (C=O) groups is 4. The van der Waals surface area contributed by atoms with E-state index in [0.29, 0.717) is 6.42 Å². The van der Waals surface area contributed by atoms with Gasteiger partial charge in [0, 0.05) is 34.2 Å². The van der Waals surface area contributed by atoms with Crippen molar-refractivity contribution in [3.05, 3.63) is 24.0 Å². The Morgan fingerprint density at radius 2 is 1.70 bits per heavy atom. The van der Waals surface area contributed by atoms with Crippen molar-refractivity contribution in [2.75, 3.05) is 27.4 Å².